The zero-order valence-electron chi connectivity index (χ0n) is 9.11. The third-order valence-corrected chi connectivity index (χ3v) is 3.56. The van der Waals surface area contributed by atoms with E-state index in [0.717, 1.165) is 10.2 Å². The van der Waals surface area contributed by atoms with Gasteiger partial charge in [0.05, 0.1) is 23.7 Å². The van der Waals surface area contributed by atoms with Gasteiger partial charge >= 0.3 is 5.97 Å². The number of halogens is 1. The summed E-state index contributed by atoms with van der Waals surface area (Å²) in [5.41, 5.74) is 1.50. The first-order valence-electron chi connectivity index (χ1n) is 5.15. The molecule has 2 rings (SSSR count). The summed E-state index contributed by atoms with van der Waals surface area (Å²) in [6.45, 7) is 1.86. The van der Waals surface area contributed by atoms with E-state index >= 15 is 0 Å². The van der Waals surface area contributed by atoms with Gasteiger partial charge in [0.2, 0.25) is 5.91 Å². The Kier molecular flexibility index (Phi) is 3.15. The molecule has 1 saturated carbocycles. The van der Waals surface area contributed by atoms with E-state index in [1.165, 1.54) is 6.20 Å². The highest BCUT2D eigenvalue weighted by molar-refractivity contribution is 9.10. The average Bonchev–Trinajstić information content (AvgIpc) is 3.03. The Hall–Kier alpha value is -1.43. The summed E-state index contributed by atoms with van der Waals surface area (Å²) in [4.78, 5) is 26.4. The number of rotatable bonds is 3. The first kappa shape index (κ1) is 12.0. The predicted molar refractivity (Wildman–Crippen MR) is 64.5 cm³/mol. The lowest BCUT2D eigenvalue weighted by atomic mass is 10.2. The van der Waals surface area contributed by atoms with Crippen LogP contribution < -0.4 is 5.32 Å². The molecule has 0 aliphatic heterocycles. The van der Waals surface area contributed by atoms with Crippen LogP contribution in [0.15, 0.2) is 16.9 Å². The van der Waals surface area contributed by atoms with Gasteiger partial charge in [0, 0.05) is 0 Å². The molecule has 0 bridgehead atoms. The van der Waals surface area contributed by atoms with Crippen molar-refractivity contribution >= 4 is 33.5 Å². The maximum Gasteiger partial charge on any atom is 0.307 e. The van der Waals surface area contributed by atoms with Crippen LogP contribution in [0.4, 0.5) is 5.69 Å². The summed E-state index contributed by atoms with van der Waals surface area (Å²) in [6.07, 6.45) is 1.96. The van der Waals surface area contributed by atoms with Crippen LogP contribution in [0.25, 0.3) is 0 Å². The lowest BCUT2D eigenvalue weighted by molar-refractivity contribution is -0.139. The Morgan fingerprint density at radius 2 is 2.24 bits per heavy atom. The van der Waals surface area contributed by atoms with Gasteiger partial charge in [-0.3, -0.25) is 9.59 Å². The summed E-state index contributed by atoms with van der Waals surface area (Å²) < 4.78 is 0.727. The zero-order valence-corrected chi connectivity index (χ0v) is 10.7. The van der Waals surface area contributed by atoms with Gasteiger partial charge in [-0.2, -0.15) is 0 Å². The van der Waals surface area contributed by atoms with E-state index in [9.17, 15) is 9.59 Å². The minimum atomic E-state index is -0.907. The second kappa shape index (κ2) is 4.44. The van der Waals surface area contributed by atoms with Crippen LogP contribution >= 0.6 is 15.9 Å². The van der Waals surface area contributed by atoms with Crippen LogP contribution in [0.5, 0.6) is 0 Å². The van der Waals surface area contributed by atoms with E-state index in [1.54, 1.807) is 6.07 Å². The number of nitrogens with zero attached hydrogens (tertiary/aromatic N) is 1. The normalized spacial score (nSPS) is 22.0. The molecule has 0 spiro atoms. The van der Waals surface area contributed by atoms with Gasteiger partial charge in [-0.15, -0.1) is 0 Å². The first-order chi connectivity index (χ1) is 7.99. The number of aryl methyl sites for hydroxylation is 1. The molecule has 1 aromatic heterocycles. The van der Waals surface area contributed by atoms with Gasteiger partial charge in [0.15, 0.2) is 0 Å². The molecule has 1 aliphatic carbocycles. The van der Waals surface area contributed by atoms with Crippen molar-refractivity contribution < 1.29 is 14.7 Å². The summed E-state index contributed by atoms with van der Waals surface area (Å²) >= 11 is 3.26. The molecule has 1 amide bonds. The first-order valence-corrected chi connectivity index (χ1v) is 5.94. The van der Waals surface area contributed by atoms with Crippen molar-refractivity contribution in [3.8, 4) is 0 Å². The largest absolute Gasteiger partial charge is 0.481 e. The van der Waals surface area contributed by atoms with Gasteiger partial charge in [0.1, 0.15) is 4.60 Å². The molecular formula is C11H11BrN2O3. The molecule has 2 N–H and O–H groups in total. The maximum absolute atomic E-state index is 11.7. The molecule has 6 heteroatoms. The van der Waals surface area contributed by atoms with Crippen LogP contribution in [0.3, 0.4) is 0 Å². The zero-order chi connectivity index (χ0) is 12.6. The lowest BCUT2D eigenvalue weighted by Gasteiger charge is -2.05. The minimum Gasteiger partial charge on any atom is -0.481 e. The number of nitrogens with one attached hydrogen (secondary N) is 1. The predicted octanol–water partition coefficient (Wildman–Crippen LogP) is 1.81. The number of anilines is 1. The Bertz CT molecular complexity index is 490. The smallest absolute Gasteiger partial charge is 0.307 e. The van der Waals surface area contributed by atoms with Crippen molar-refractivity contribution in [1.82, 2.24) is 4.98 Å². The SMILES string of the molecule is Cc1cc(NC(=O)[C@@H]2C[C@@H]2C(=O)O)cnc1Br. The van der Waals surface area contributed by atoms with Crippen LogP contribution in [0.2, 0.25) is 0 Å². The van der Waals surface area contributed by atoms with E-state index in [0.29, 0.717) is 12.1 Å². The van der Waals surface area contributed by atoms with E-state index in [4.69, 9.17) is 5.11 Å². The molecule has 5 nitrogen and oxygen atoms in total. The molecule has 1 aliphatic rings. The van der Waals surface area contributed by atoms with Crippen molar-refractivity contribution in [2.45, 2.75) is 13.3 Å². The van der Waals surface area contributed by atoms with E-state index in [1.807, 2.05) is 6.92 Å². The fraction of sp³-hybridized carbons (Fsp3) is 0.364. The Balaban J connectivity index is 2.00. The molecule has 1 aromatic rings. The number of hydrogen-bond donors (Lipinski definition) is 2. The second-order valence-corrected chi connectivity index (χ2v) is 4.86. The molecule has 90 valence electrons. The summed E-state index contributed by atoms with van der Waals surface area (Å²) in [7, 11) is 0. The van der Waals surface area contributed by atoms with E-state index < -0.39 is 17.8 Å². The fourth-order valence-corrected chi connectivity index (χ4v) is 1.84. The number of amides is 1. The lowest BCUT2D eigenvalue weighted by Crippen LogP contribution is -2.17. The second-order valence-electron chi connectivity index (χ2n) is 4.11. The third kappa shape index (κ3) is 2.63. The van der Waals surface area contributed by atoms with Crippen LogP contribution in [-0.4, -0.2) is 22.0 Å². The number of hydrogen-bond acceptors (Lipinski definition) is 3. The molecule has 0 unspecified atom stereocenters. The standard InChI is InChI=1S/C11H11BrN2O3/c1-5-2-6(4-13-9(5)12)14-10(15)7-3-8(7)11(16)17/h2,4,7-8H,3H2,1H3,(H,14,15)(H,16,17)/t7-,8+/m1/s1. The van der Waals surface area contributed by atoms with Crippen LogP contribution in [0, 0.1) is 18.8 Å². The van der Waals surface area contributed by atoms with Gasteiger partial charge < -0.3 is 10.4 Å². The van der Waals surface area contributed by atoms with Crippen molar-refractivity contribution in [2.75, 3.05) is 5.32 Å². The van der Waals surface area contributed by atoms with Gasteiger partial charge in [-0.05, 0) is 40.9 Å². The molecule has 17 heavy (non-hydrogen) atoms. The Labute approximate surface area is 106 Å². The number of pyridine rings is 1. The molecule has 0 radical (unpaired) electrons. The number of carbonyl (C=O) groups excluding carboxylic acids is 1. The van der Waals surface area contributed by atoms with Crippen molar-refractivity contribution in [3.63, 3.8) is 0 Å². The highest BCUT2D eigenvalue weighted by Gasteiger charge is 2.48. The number of aromatic nitrogens is 1. The number of carbonyl (C=O) groups is 2. The number of carboxylic acids is 1. The Morgan fingerprint density at radius 3 is 2.76 bits per heavy atom. The van der Waals surface area contributed by atoms with E-state index in [2.05, 4.69) is 26.2 Å². The highest BCUT2D eigenvalue weighted by atomic mass is 79.9. The third-order valence-electron chi connectivity index (χ3n) is 2.73. The monoisotopic (exact) mass is 298 g/mol. The summed E-state index contributed by atoms with van der Waals surface area (Å²) in [5, 5.41) is 11.4. The molecular weight excluding hydrogens is 288 g/mol. The van der Waals surface area contributed by atoms with Crippen LogP contribution in [0.1, 0.15) is 12.0 Å². The number of aliphatic carboxylic acids is 1. The highest BCUT2D eigenvalue weighted by Crippen LogP contribution is 2.39. The molecule has 2 atom stereocenters. The molecule has 1 heterocycles. The molecule has 0 aromatic carbocycles. The van der Waals surface area contributed by atoms with Gasteiger partial charge in [0.25, 0.3) is 0 Å². The van der Waals surface area contributed by atoms with Gasteiger partial charge in [-0.25, -0.2) is 4.98 Å². The van der Waals surface area contributed by atoms with Crippen molar-refractivity contribution in [1.29, 1.82) is 0 Å². The number of carboxylic acid groups (broad SMARTS) is 1. The van der Waals surface area contributed by atoms with Crippen molar-refractivity contribution in [3.05, 3.63) is 22.4 Å². The average molecular weight is 299 g/mol. The van der Waals surface area contributed by atoms with Gasteiger partial charge in [-0.1, -0.05) is 0 Å². The quantitative estimate of drug-likeness (QED) is 0.834. The maximum atomic E-state index is 11.7. The van der Waals surface area contributed by atoms with Crippen LogP contribution in [-0.2, 0) is 9.59 Å². The fourth-order valence-electron chi connectivity index (χ4n) is 1.62. The van der Waals surface area contributed by atoms with E-state index in [-0.39, 0.29) is 5.91 Å². The summed E-state index contributed by atoms with van der Waals surface area (Å²) in [5.74, 6) is -2.09. The van der Waals surface area contributed by atoms with Crippen molar-refractivity contribution in [2.24, 2.45) is 11.8 Å². The topological polar surface area (TPSA) is 79.3 Å². The summed E-state index contributed by atoms with van der Waals surface area (Å²) in [6, 6.07) is 1.78. The molecule has 1 fully saturated rings. The minimum absolute atomic E-state index is 0.249. The molecule has 0 saturated heterocycles. The Morgan fingerprint density at radius 1 is 1.53 bits per heavy atom.